The zero-order valence-corrected chi connectivity index (χ0v) is 12.1. The third-order valence-electron chi connectivity index (χ3n) is 2.76. The number of nitrogens with two attached hydrogens (primary N) is 1. The summed E-state index contributed by atoms with van der Waals surface area (Å²) >= 11 is 1.83. The van der Waals surface area contributed by atoms with Gasteiger partial charge in [-0.25, -0.2) is 0 Å². The van der Waals surface area contributed by atoms with Gasteiger partial charge in [-0.05, 0) is 37.3 Å². The molecule has 0 fully saturated rings. The van der Waals surface area contributed by atoms with Gasteiger partial charge in [0.25, 0.3) is 0 Å². The maximum Gasteiger partial charge on any atom is 0.227 e. The van der Waals surface area contributed by atoms with Gasteiger partial charge in [0, 0.05) is 17.5 Å². The number of hydrogen-bond acceptors (Lipinski definition) is 3. The first-order chi connectivity index (χ1) is 8.54. The molecule has 100 valence electrons. The highest BCUT2D eigenvalue weighted by Gasteiger charge is 2.17. The summed E-state index contributed by atoms with van der Waals surface area (Å²) in [6.45, 7) is 6.06. The first kappa shape index (κ1) is 14.9. The minimum Gasteiger partial charge on any atom is -0.399 e. The van der Waals surface area contributed by atoms with E-state index in [1.165, 1.54) is 0 Å². The molecule has 1 amide bonds. The topological polar surface area (TPSA) is 55.1 Å². The van der Waals surface area contributed by atoms with Crippen LogP contribution in [0.25, 0.3) is 0 Å². The SMILES string of the molecule is CCSCC(C)NC(=O)C(C)c1cccc(N)c1. The Balaban J connectivity index is 2.56. The van der Waals surface area contributed by atoms with E-state index >= 15 is 0 Å². The van der Waals surface area contributed by atoms with Crippen molar-refractivity contribution < 1.29 is 4.79 Å². The van der Waals surface area contributed by atoms with Crippen molar-refractivity contribution in [2.24, 2.45) is 0 Å². The Morgan fingerprint density at radius 2 is 2.17 bits per heavy atom. The predicted molar refractivity (Wildman–Crippen MR) is 79.9 cm³/mol. The van der Waals surface area contributed by atoms with Gasteiger partial charge in [-0.1, -0.05) is 19.1 Å². The summed E-state index contributed by atoms with van der Waals surface area (Å²) in [7, 11) is 0. The average Bonchev–Trinajstić information content (AvgIpc) is 2.35. The smallest absolute Gasteiger partial charge is 0.227 e. The largest absolute Gasteiger partial charge is 0.399 e. The fourth-order valence-corrected chi connectivity index (χ4v) is 2.36. The van der Waals surface area contributed by atoms with E-state index in [1.54, 1.807) is 0 Å². The van der Waals surface area contributed by atoms with Gasteiger partial charge in [0.05, 0.1) is 5.92 Å². The molecule has 2 atom stereocenters. The molecule has 0 saturated carbocycles. The fraction of sp³-hybridized carbons (Fsp3) is 0.500. The molecule has 3 N–H and O–H groups in total. The van der Waals surface area contributed by atoms with Crippen LogP contribution in [0.1, 0.15) is 32.3 Å². The van der Waals surface area contributed by atoms with Crippen LogP contribution in [0.2, 0.25) is 0 Å². The first-order valence-corrected chi connectivity index (χ1v) is 7.43. The van der Waals surface area contributed by atoms with Crippen LogP contribution >= 0.6 is 11.8 Å². The van der Waals surface area contributed by atoms with Crippen molar-refractivity contribution >= 4 is 23.4 Å². The molecule has 4 heteroatoms. The first-order valence-electron chi connectivity index (χ1n) is 6.28. The number of carbonyl (C=O) groups is 1. The molecule has 0 aliphatic rings. The molecular weight excluding hydrogens is 244 g/mol. The third-order valence-corrected chi connectivity index (χ3v) is 3.91. The lowest BCUT2D eigenvalue weighted by Gasteiger charge is -2.17. The standard InChI is InChI=1S/C14H22N2OS/c1-4-18-9-10(2)16-14(17)11(3)12-6-5-7-13(15)8-12/h5-8,10-11H,4,9,15H2,1-3H3,(H,16,17). The van der Waals surface area contributed by atoms with E-state index < -0.39 is 0 Å². The maximum absolute atomic E-state index is 12.1. The molecule has 18 heavy (non-hydrogen) atoms. The highest BCUT2D eigenvalue weighted by atomic mass is 32.2. The van der Waals surface area contributed by atoms with Gasteiger partial charge in [-0.15, -0.1) is 0 Å². The van der Waals surface area contributed by atoms with Gasteiger partial charge in [0.1, 0.15) is 0 Å². The Bertz CT molecular complexity index is 395. The van der Waals surface area contributed by atoms with Gasteiger partial charge in [0.2, 0.25) is 5.91 Å². The molecule has 3 nitrogen and oxygen atoms in total. The zero-order chi connectivity index (χ0) is 13.5. The van der Waals surface area contributed by atoms with Crippen molar-refractivity contribution in [3.63, 3.8) is 0 Å². The van der Waals surface area contributed by atoms with Crippen molar-refractivity contribution in [1.29, 1.82) is 0 Å². The van der Waals surface area contributed by atoms with Crippen LogP contribution in [0, 0.1) is 0 Å². The van der Waals surface area contributed by atoms with E-state index in [2.05, 4.69) is 12.2 Å². The van der Waals surface area contributed by atoms with E-state index in [4.69, 9.17) is 5.73 Å². The lowest BCUT2D eigenvalue weighted by molar-refractivity contribution is -0.122. The number of nitrogens with one attached hydrogen (secondary N) is 1. The molecule has 1 aromatic rings. The predicted octanol–water partition coefficient (Wildman–Crippen LogP) is 2.63. The number of thioether (sulfide) groups is 1. The number of anilines is 1. The Kier molecular flexibility index (Phi) is 6.05. The van der Waals surface area contributed by atoms with Crippen LogP contribution in [0.3, 0.4) is 0 Å². The van der Waals surface area contributed by atoms with Gasteiger partial charge < -0.3 is 11.1 Å². The summed E-state index contributed by atoms with van der Waals surface area (Å²) in [6, 6.07) is 7.70. The number of rotatable bonds is 6. The molecule has 1 aromatic carbocycles. The third kappa shape index (κ3) is 4.61. The zero-order valence-electron chi connectivity index (χ0n) is 11.3. The Morgan fingerprint density at radius 3 is 2.78 bits per heavy atom. The van der Waals surface area contributed by atoms with Crippen LogP contribution in [0.4, 0.5) is 5.69 Å². The molecule has 0 spiro atoms. The lowest BCUT2D eigenvalue weighted by Crippen LogP contribution is -2.37. The quantitative estimate of drug-likeness (QED) is 0.778. The number of hydrogen-bond donors (Lipinski definition) is 2. The molecule has 1 rings (SSSR count). The van der Waals surface area contributed by atoms with Crippen LogP contribution in [-0.4, -0.2) is 23.5 Å². The van der Waals surface area contributed by atoms with Crippen LogP contribution in [0.15, 0.2) is 24.3 Å². The number of benzene rings is 1. The lowest BCUT2D eigenvalue weighted by atomic mass is 9.99. The minimum absolute atomic E-state index is 0.0600. The normalized spacial score (nSPS) is 13.9. The van der Waals surface area contributed by atoms with E-state index in [0.29, 0.717) is 5.69 Å². The van der Waals surface area contributed by atoms with E-state index in [9.17, 15) is 4.79 Å². The fourth-order valence-electron chi connectivity index (χ4n) is 1.68. The van der Waals surface area contributed by atoms with E-state index in [1.807, 2.05) is 49.9 Å². The highest BCUT2D eigenvalue weighted by Crippen LogP contribution is 2.18. The Morgan fingerprint density at radius 1 is 1.44 bits per heavy atom. The summed E-state index contributed by atoms with van der Waals surface area (Å²) in [4.78, 5) is 12.1. The van der Waals surface area contributed by atoms with Crippen molar-refractivity contribution in [1.82, 2.24) is 5.32 Å². The molecule has 0 radical (unpaired) electrons. The van der Waals surface area contributed by atoms with Crippen molar-refractivity contribution in [2.45, 2.75) is 32.7 Å². The molecule has 2 unspecified atom stereocenters. The minimum atomic E-state index is -0.164. The van der Waals surface area contributed by atoms with Crippen LogP contribution in [-0.2, 0) is 4.79 Å². The molecule has 0 saturated heterocycles. The van der Waals surface area contributed by atoms with E-state index in [0.717, 1.165) is 17.1 Å². The van der Waals surface area contributed by atoms with E-state index in [-0.39, 0.29) is 17.9 Å². The number of carbonyl (C=O) groups excluding carboxylic acids is 1. The summed E-state index contributed by atoms with van der Waals surface area (Å²) in [5.41, 5.74) is 7.39. The second-order valence-corrected chi connectivity index (χ2v) is 5.78. The van der Waals surface area contributed by atoms with Gasteiger partial charge in [-0.3, -0.25) is 4.79 Å². The van der Waals surface area contributed by atoms with Crippen LogP contribution < -0.4 is 11.1 Å². The maximum atomic E-state index is 12.1. The Hall–Kier alpha value is -1.16. The Labute approximate surface area is 114 Å². The second kappa shape index (κ2) is 7.31. The van der Waals surface area contributed by atoms with Crippen molar-refractivity contribution in [3.05, 3.63) is 29.8 Å². The highest BCUT2D eigenvalue weighted by molar-refractivity contribution is 7.99. The second-order valence-electron chi connectivity index (χ2n) is 4.46. The average molecular weight is 266 g/mol. The van der Waals surface area contributed by atoms with Crippen molar-refractivity contribution in [3.8, 4) is 0 Å². The summed E-state index contributed by atoms with van der Waals surface area (Å²) in [6.07, 6.45) is 0. The molecule has 0 bridgehead atoms. The summed E-state index contributed by atoms with van der Waals surface area (Å²) in [5, 5.41) is 3.03. The molecule has 0 aliphatic carbocycles. The summed E-state index contributed by atoms with van der Waals surface area (Å²) in [5.74, 6) is 1.92. The molecule has 0 heterocycles. The van der Waals surface area contributed by atoms with Gasteiger partial charge in [-0.2, -0.15) is 11.8 Å². The number of amides is 1. The van der Waals surface area contributed by atoms with Crippen LogP contribution in [0.5, 0.6) is 0 Å². The molecule has 0 aromatic heterocycles. The summed E-state index contributed by atoms with van der Waals surface area (Å²) < 4.78 is 0. The van der Waals surface area contributed by atoms with Crippen molar-refractivity contribution in [2.75, 3.05) is 17.2 Å². The van der Waals surface area contributed by atoms with Gasteiger partial charge in [0.15, 0.2) is 0 Å². The number of nitrogen functional groups attached to an aromatic ring is 1. The molecule has 0 aliphatic heterocycles. The monoisotopic (exact) mass is 266 g/mol. The van der Waals surface area contributed by atoms with Gasteiger partial charge >= 0.3 is 0 Å². The molecular formula is C14H22N2OS.